The number of carbonyl (C=O) groups excluding carboxylic acids is 1. The van der Waals surface area contributed by atoms with E-state index in [2.05, 4.69) is 0 Å². The largest absolute Gasteiger partial charge is 0.481 e. The van der Waals surface area contributed by atoms with E-state index in [0.29, 0.717) is 0 Å². The van der Waals surface area contributed by atoms with Gasteiger partial charge in [-0.15, -0.1) is 0 Å². The van der Waals surface area contributed by atoms with Crippen molar-refractivity contribution < 1.29 is 94.4 Å². The van der Waals surface area contributed by atoms with Crippen LogP contribution in [0.3, 0.4) is 0 Å². The molecule has 1 amide bonds. The van der Waals surface area contributed by atoms with Crippen LogP contribution in [0.25, 0.3) is 0 Å². The highest BCUT2D eigenvalue weighted by atomic mass is 32.2. The number of amides is 1. The van der Waals surface area contributed by atoms with Crippen LogP contribution in [0, 0.1) is 0 Å². The summed E-state index contributed by atoms with van der Waals surface area (Å²) in [6, 6.07) is -1.14. The average molecular weight is 682 g/mol. The summed E-state index contributed by atoms with van der Waals surface area (Å²) in [6.07, 6.45) is -14.1. The smallest absolute Gasteiger partial charge is 0.460 e. The Morgan fingerprint density at radius 3 is 1.50 bits per heavy atom. The molecule has 0 aromatic heterocycles. The maximum absolute atomic E-state index is 13.8. The topological polar surface area (TPSA) is 113 Å². The van der Waals surface area contributed by atoms with Crippen LogP contribution < -0.4 is 11.1 Å². The fourth-order valence-corrected chi connectivity index (χ4v) is 3.67. The molecule has 6 nitrogen and oxygen atoms in total. The van der Waals surface area contributed by atoms with Crippen LogP contribution in [0.15, 0.2) is 0 Å². The van der Waals surface area contributed by atoms with E-state index in [1.54, 1.807) is 0 Å². The van der Waals surface area contributed by atoms with Crippen LogP contribution >= 0.6 is 11.8 Å². The molecular formula is C18H19F17N2O4S. The Kier molecular flexibility index (Phi) is 12.3. The molecule has 0 rings (SSSR count). The van der Waals surface area contributed by atoms with Gasteiger partial charge in [-0.25, -0.2) is 0 Å². The van der Waals surface area contributed by atoms with Crippen molar-refractivity contribution in [1.29, 1.82) is 0 Å². The predicted molar refractivity (Wildman–Crippen MR) is 106 cm³/mol. The predicted octanol–water partition coefficient (Wildman–Crippen LogP) is 5.14. The number of hydrogen-bond donors (Lipinski definition) is 4. The van der Waals surface area contributed by atoms with Gasteiger partial charge in [0.1, 0.15) is 6.23 Å². The maximum atomic E-state index is 13.8. The lowest BCUT2D eigenvalue weighted by atomic mass is 9.88. The Labute approximate surface area is 227 Å². The van der Waals surface area contributed by atoms with Crippen molar-refractivity contribution in [3.8, 4) is 0 Å². The number of thioether (sulfide) groups is 1. The van der Waals surface area contributed by atoms with Gasteiger partial charge in [0.15, 0.2) is 0 Å². The van der Waals surface area contributed by atoms with Crippen molar-refractivity contribution in [3.63, 3.8) is 0 Å². The molecule has 0 bridgehead atoms. The number of nitrogens with one attached hydrogen (secondary N) is 1. The number of carboxylic acids is 1. The number of nitrogens with two attached hydrogens (primary N) is 1. The molecule has 0 fully saturated rings. The summed E-state index contributed by atoms with van der Waals surface area (Å²) in [6.45, 7) is 0. The summed E-state index contributed by atoms with van der Waals surface area (Å²) in [5.74, 6) is -61.3. The lowest BCUT2D eigenvalue weighted by Gasteiger charge is -2.42. The van der Waals surface area contributed by atoms with Crippen molar-refractivity contribution in [2.75, 3.05) is 11.5 Å². The molecule has 0 spiro atoms. The van der Waals surface area contributed by atoms with Crippen LogP contribution in [0.2, 0.25) is 0 Å². The number of aliphatic hydroxyl groups excluding tert-OH is 1. The molecule has 250 valence electrons. The number of halogens is 17. The third-order valence-corrected chi connectivity index (χ3v) is 6.10. The van der Waals surface area contributed by atoms with E-state index in [-0.39, 0.29) is 11.8 Å². The van der Waals surface area contributed by atoms with E-state index in [0.717, 1.165) is 0 Å². The fraction of sp³-hybridized carbons (Fsp3) is 0.889. The lowest BCUT2D eigenvalue weighted by Crippen LogP contribution is -2.74. The first kappa shape index (κ1) is 40.0. The zero-order valence-electron chi connectivity index (χ0n) is 20.0. The van der Waals surface area contributed by atoms with Crippen LogP contribution in [0.5, 0.6) is 0 Å². The Hall–Kier alpha value is -1.98. The Morgan fingerprint density at radius 1 is 0.690 bits per heavy atom. The Bertz CT molecular complexity index is 945. The summed E-state index contributed by atoms with van der Waals surface area (Å²) in [5, 5.41) is 19.8. The van der Waals surface area contributed by atoms with E-state index in [9.17, 15) is 89.3 Å². The standard InChI is InChI=1S/C18H19F17N2O4S/c19-11(20,2-4-42-3-1-8(38)37-9(39)5-7(36)6-10(40)41)12(21,22)13(23,24)14(25,26)15(27,28)16(29,30)17(31,32)18(33,34)35/h7,9,39H,1-6,36H2,(H,37,38)(H,40,41). The van der Waals surface area contributed by atoms with Gasteiger partial charge in [-0.2, -0.15) is 86.4 Å². The van der Waals surface area contributed by atoms with Crippen molar-refractivity contribution in [3.05, 3.63) is 0 Å². The summed E-state index contributed by atoms with van der Waals surface area (Å²) in [7, 11) is 0. The molecule has 0 saturated heterocycles. The quantitative estimate of drug-likeness (QED) is 0.0962. The molecule has 42 heavy (non-hydrogen) atoms. The number of aliphatic carboxylic acids is 1. The zero-order chi connectivity index (χ0) is 34.0. The molecular weight excluding hydrogens is 663 g/mol. The maximum Gasteiger partial charge on any atom is 0.460 e. The summed E-state index contributed by atoms with van der Waals surface area (Å²) >= 11 is 0.0251. The van der Waals surface area contributed by atoms with E-state index in [1.165, 1.54) is 0 Å². The van der Waals surface area contributed by atoms with Gasteiger partial charge in [-0.05, 0) is 5.75 Å². The fourth-order valence-electron chi connectivity index (χ4n) is 2.73. The van der Waals surface area contributed by atoms with Crippen LogP contribution in [-0.4, -0.2) is 93.5 Å². The van der Waals surface area contributed by atoms with Crippen LogP contribution in [0.4, 0.5) is 74.6 Å². The van der Waals surface area contributed by atoms with E-state index in [1.807, 2.05) is 5.32 Å². The van der Waals surface area contributed by atoms with E-state index >= 15 is 0 Å². The van der Waals surface area contributed by atoms with Gasteiger partial charge in [0.25, 0.3) is 0 Å². The number of carboxylic acid groups (broad SMARTS) is 1. The highest BCUT2D eigenvalue weighted by Crippen LogP contribution is 2.64. The normalized spacial score (nSPS) is 16.3. The highest BCUT2D eigenvalue weighted by Gasteiger charge is 2.95. The van der Waals surface area contributed by atoms with Gasteiger partial charge < -0.3 is 21.3 Å². The summed E-state index contributed by atoms with van der Waals surface area (Å²) in [5.41, 5.74) is 5.32. The number of rotatable bonds is 17. The molecule has 5 N–H and O–H groups in total. The summed E-state index contributed by atoms with van der Waals surface area (Å²) in [4.78, 5) is 22.0. The van der Waals surface area contributed by atoms with E-state index in [4.69, 9.17) is 10.8 Å². The molecule has 2 atom stereocenters. The second-order valence-corrected chi connectivity index (χ2v) is 9.66. The van der Waals surface area contributed by atoms with Crippen molar-refractivity contribution in [2.45, 2.75) is 85.6 Å². The zero-order valence-corrected chi connectivity index (χ0v) is 20.8. The van der Waals surface area contributed by atoms with Gasteiger partial charge in [0, 0.05) is 31.1 Å². The molecule has 0 aliphatic carbocycles. The number of alkyl halides is 17. The minimum atomic E-state index is -8.69. The molecule has 0 radical (unpaired) electrons. The van der Waals surface area contributed by atoms with Gasteiger partial charge in [0.05, 0.1) is 6.42 Å². The minimum absolute atomic E-state index is 0.0251. The second kappa shape index (κ2) is 12.9. The van der Waals surface area contributed by atoms with Gasteiger partial charge >= 0.3 is 53.6 Å². The first-order chi connectivity index (χ1) is 18.3. The van der Waals surface area contributed by atoms with Gasteiger partial charge in [0.2, 0.25) is 5.91 Å². The lowest BCUT2D eigenvalue weighted by molar-refractivity contribution is -0.461. The van der Waals surface area contributed by atoms with Gasteiger partial charge in [-0.3, -0.25) is 9.59 Å². The minimum Gasteiger partial charge on any atom is -0.481 e. The first-order valence-electron chi connectivity index (χ1n) is 10.6. The van der Waals surface area contributed by atoms with Crippen molar-refractivity contribution in [2.24, 2.45) is 5.73 Å². The Balaban J connectivity index is 5.51. The molecule has 0 aromatic rings. The number of carbonyl (C=O) groups is 2. The number of hydrogen-bond acceptors (Lipinski definition) is 5. The molecule has 0 aromatic carbocycles. The first-order valence-corrected chi connectivity index (χ1v) is 11.7. The van der Waals surface area contributed by atoms with Gasteiger partial charge in [-0.1, -0.05) is 0 Å². The third-order valence-electron chi connectivity index (χ3n) is 5.11. The third kappa shape index (κ3) is 7.75. The SMILES string of the molecule is NC(CC(=O)O)CC(O)NC(=O)CCSCCC(F)(F)C(F)(F)C(F)(F)C(F)(F)C(F)(F)C(F)(F)C(F)(F)C(F)(F)F. The molecule has 0 aliphatic heterocycles. The molecule has 0 saturated carbocycles. The molecule has 0 aliphatic rings. The average Bonchev–Trinajstić information content (AvgIpc) is 2.76. The van der Waals surface area contributed by atoms with Crippen LogP contribution in [0.1, 0.15) is 25.7 Å². The monoisotopic (exact) mass is 682 g/mol. The molecule has 24 heteroatoms. The second-order valence-electron chi connectivity index (χ2n) is 8.44. The van der Waals surface area contributed by atoms with Crippen molar-refractivity contribution in [1.82, 2.24) is 5.32 Å². The van der Waals surface area contributed by atoms with Crippen molar-refractivity contribution >= 4 is 23.6 Å². The highest BCUT2D eigenvalue weighted by molar-refractivity contribution is 7.99. The number of aliphatic hydroxyl groups is 1. The van der Waals surface area contributed by atoms with E-state index < -0.39 is 109 Å². The molecule has 0 heterocycles. The molecule has 2 unspecified atom stereocenters. The summed E-state index contributed by atoms with van der Waals surface area (Å²) < 4.78 is 225. The Morgan fingerprint density at radius 2 is 1.10 bits per heavy atom. The van der Waals surface area contributed by atoms with Crippen LogP contribution in [-0.2, 0) is 9.59 Å².